The third kappa shape index (κ3) is 2.58. The minimum absolute atomic E-state index is 0.141. The number of hydrogen-bond acceptors (Lipinski definition) is 2. The van der Waals surface area contributed by atoms with Gasteiger partial charge in [-0.05, 0) is 43.9 Å². The standard InChI is InChI=1S/C14H25NO2/c1-13(2,3)11-9-7-15(8-10(9)11)12(16)17-14(4,5)6/h9-11H,7-8H2,1-6H3. The number of carbonyl (C=O) groups excluding carboxylic acids is 1. The van der Waals surface area contributed by atoms with Crippen LogP contribution in [0.2, 0.25) is 0 Å². The molecule has 1 aliphatic carbocycles. The largest absolute Gasteiger partial charge is 0.444 e. The van der Waals surface area contributed by atoms with E-state index in [9.17, 15) is 4.79 Å². The fraction of sp³-hybridized carbons (Fsp3) is 0.929. The number of nitrogens with zero attached hydrogens (tertiary/aromatic N) is 1. The molecule has 2 rings (SSSR count). The van der Waals surface area contributed by atoms with E-state index in [1.807, 2.05) is 25.7 Å². The van der Waals surface area contributed by atoms with Crippen LogP contribution in [0.4, 0.5) is 4.79 Å². The average Bonchev–Trinajstić information content (AvgIpc) is 2.61. The third-order valence-corrected chi connectivity index (χ3v) is 3.85. The fourth-order valence-corrected chi connectivity index (χ4v) is 3.29. The normalized spacial score (nSPS) is 32.4. The number of fused-ring (bicyclic) bond motifs is 1. The van der Waals surface area contributed by atoms with Crippen LogP contribution in [-0.2, 0) is 4.74 Å². The van der Waals surface area contributed by atoms with Gasteiger partial charge in [-0.15, -0.1) is 0 Å². The van der Waals surface area contributed by atoms with E-state index in [-0.39, 0.29) is 11.7 Å². The Labute approximate surface area is 105 Å². The van der Waals surface area contributed by atoms with Crippen molar-refractivity contribution in [2.75, 3.05) is 13.1 Å². The molecule has 0 radical (unpaired) electrons. The van der Waals surface area contributed by atoms with E-state index in [1.165, 1.54) is 0 Å². The van der Waals surface area contributed by atoms with Gasteiger partial charge in [0, 0.05) is 13.1 Å². The highest BCUT2D eigenvalue weighted by atomic mass is 16.6. The van der Waals surface area contributed by atoms with Gasteiger partial charge in [-0.25, -0.2) is 4.79 Å². The summed E-state index contributed by atoms with van der Waals surface area (Å²) in [7, 11) is 0. The number of carbonyl (C=O) groups is 1. The fourth-order valence-electron chi connectivity index (χ4n) is 3.29. The van der Waals surface area contributed by atoms with Gasteiger partial charge < -0.3 is 9.64 Å². The quantitative estimate of drug-likeness (QED) is 0.650. The smallest absolute Gasteiger partial charge is 0.410 e. The number of ether oxygens (including phenoxy) is 1. The molecule has 0 N–H and O–H groups in total. The van der Waals surface area contributed by atoms with Crippen molar-refractivity contribution in [1.29, 1.82) is 0 Å². The van der Waals surface area contributed by atoms with Crippen LogP contribution >= 0.6 is 0 Å². The lowest BCUT2D eigenvalue weighted by molar-refractivity contribution is 0.0253. The molecule has 0 aromatic heterocycles. The van der Waals surface area contributed by atoms with Gasteiger partial charge >= 0.3 is 6.09 Å². The molecular weight excluding hydrogens is 214 g/mol. The Bertz CT molecular complexity index is 312. The van der Waals surface area contributed by atoms with Gasteiger partial charge in [-0.2, -0.15) is 0 Å². The molecule has 2 fully saturated rings. The zero-order valence-corrected chi connectivity index (χ0v) is 11.9. The summed E-state index contributed by atoms with van der Waals surface area (Å²) in [5.74, 6) is 2.21. The van der Waals surface area contributed by atoms with Gasteiger partial charge in [-0.3, -0.25) is 0 Å². The van der Waals surface area contributed by atoms with Crippen molar-refractivity contribution in [1.82, 2.24) is 4.90 Å². The second-order valence-corrected chi connectivity index (χ2v) is 7.60. The van der Waals surface area contributed by atoms with Gasteiger partial charge in [0.25, 0.3) is 0 Å². The average molecular weight is 239 g/mol. The van der Waals surface area contributed by atoms with Crippen LogP contribution in [0.1, 0.15) is 41.5 Å². The topological polar surface area (TPSA) is 29.5 Å². The monoisotopic (exact) mass is 239 g/mol. The molecule has 2 aliphatic rings. The van der Waals surface area contributed by atoms with E-state index < -0.39 is 0 Å². The zero-order valence-electron chi connectivity index (χ0n) is 11.9. The number of hydrogen-bond donors (Lipinski definition) is 0. The van der Waals surface area contributed by atoms with Crippen LogP contribution in [-0.4, -0.2) is 29.7 Å². The molecule has 0 aromatic carbocycles. The van der Waals surface area contributed by atoms with Crippen molar-refractivity contribution in [2.45, 2.75) is 47.1 Å². The maximum absolute atomic E-state index is 11.9. The van der Waals surface area contributed by atoms with Gasteiger partial charge in [0.05, 0.1) is 0 Å². The minimum atomic E-state index is -0.382. The Balaban J connectivity index is 1.86. The van der Waals surface area contributed by atoms with E-state index in [0.29, 0.717) is 17.3 Å². The molecule has 2 atom stereocenters. The SMILES string of the molecule is CC(C)(C)OC(=O)N1CC2C(C1)C2C(C)(C)C. The van der Waals surface area contributed by atoms with Gasteiger partial charge in [0.15, 0.2) is 0 Å². The van der Waals surface area contributed by atoms with Crippen molar-refractivity contribution < 1.29 is 9.53 Å². The molecule has 1 heterocycles. The van der Waals surface area contributed by atoms with Crippen LogP contribution in [0, 0.1) is 23.2 Å². The molecule has 1 amide bonds. The molecule has 0 bridgehead atoms. The Morgan fingerprint density at radius 1 is 1.06 bits per heavy atom. The summed E-state index contributed by atoms with van der Waals surface area (Å²) < 4.78 is 5.40. The second-order valence-electron chi connectivity index (χ2n) is 7.60. The molecule has 2 unspecified atom stereocenters. The molecule has 0 spiro atoms. The Morgan fingerprint density at radius 2 is 1.53 bits per heavy atom. The maximum atomic E-state index is 11.9. The summed E-state index contributed by atoms with van der Waals surface area (Å²) in [6.45, 7) is 14.4. The third-order valence-electron chi connectivity index (χ3n) is 3.85. The summed E-state index contributed by atoms with van der Waals surface area (Å²) in [5, 5.41) is 0. The van der Waals surface area contributed by atoms with Crippen LogP contribution < -0.4 is 0 Å². The van der Waals surface area contributed by atoms with Crippen molar-refractivity contribution in [3.05, 3.63) is 0 Å². The molecule has 0 aromatic rings. The van der Waals surface area contributed by atoms with Crippen LogP contribution in [0.3, 0.4) is 0 Å². The Hall–Kier alpha value is -0.730. The van der Waals surface area contributed by atoms with E-state index in [0.717, 1.165) is 19.0 Å². The first-order chi connectivity index (χ1) is 7.59. The lowest BCUT2D eigenvalue weighted by atomic mass is 9.87. The summed E-state index contributed by atoms with van der Waals surface area (Å²) in [6.07, 6.45) is -0.141. The molecule has 1 saturated heterocycles. The zero-order chi connectivity index (χ0) is 13.0. The predicted octanol–water partition coefficient (Wildman–Crippen LogP) is 3.15. The number of piperidine rings is 1. The van der Waals surface area contributed by atoms with Gasteiger partial charge in [0.2, 0.25) is 0 Å². The molecule has 3 nitrogen and oxygen atoms in total. The lowest BCUT2D eigenvalue weighted by Gasteiger charge is -2.28. The van der Waals surface area contributed by atoms with Crippen LogP contribution in [0.5, 0.6) is 0 Å². The van der Waals surface area contributed by atoms with Crippen molar-refractivity contribution in [3.8, 4) is 0 Å². The van der Waals surface area contributed by atoms with E-state index in [4.69, 9.17) is 4.74 Å². The second kappa shape index (κ2) is 3.63. The van der Waals surface area contributed by atoms with E-state index in [1.54, 1.807) is 0 Å². The summed E-state index contributed by atoms with van der Waals surface area (Å²) in [5.41, 5.74) is 0.00263. The highest BCUT2D eigenvalue weighted by Crippen LogP contribution is 2.59. The van der Waals surface area contributed by atoms with Gasteiger partial charge in [0.1, 0.15) is 5.60 Å². The summed E-state index contributed by atoms with van der Waals surface area (Å²) in [4.78, 5) is 13.8. The van der Waals surface area contributed by atoms with Crippen molar-refractivity contribution in [2.24, 2.45) is 23.2 Å². The molecule has 1 aliphatic heterocycles. The summed E-state index contributed by atoms with van der Waals surface area (Å²) in [6, 6.07) is 0. The molecule has 17 heavy (non-hydrogen) atoms. The molecule has 98 valence electrons. The van der Waals surface area contributed by atoms with Crippen LogP contribution in [0.25, 0.3) is 0 Å². The molecule has 1 saturated carbocycles. The minimum Gasteiger partial charge on any atom is -0.444 e. The predicted molar refractivity (Wildman–Crippen MR) is 67.7 cm³/mol. The highest BCUT2D eigenvalue weighted by Gasteiger charge is 2.60. The molecule has 3 heteroatoms. The first-order valence-electron chi connectivity index (χ1n) is 6.57. The first kappa shape index (κ1) is 12.7. The van der Waals surface area contributed by atoms with Crippen molar-refractivity contribution in [3.63, 3.8) is 0 Å². The number of rotatable bonds is 0. The van der Waals surface area contributed by atoms with Gasteiger partial charge in [-0.1, -0.05) is 20.8 Å². The number of amides is 1. The van der Waals surface area contributed by atoms with E-state index in [2.05, 4.69) is 20.8 Å². The Morgan fingerprint density at radius 3 is 1.88 bits per heavy atom. The van der Waals surface area contributed by atoms with Crippen molar-refractivity contribution >= 4 is 6.09 Å². The maximum Gasteiger partial charge on any atom is 0.410 e. The Kier molecular flexibility index (Phi) is 2.72. The molecular formula is C14H25NO2. The summed E-state index contributed by atoms with van der Waals surface area (Å²) >= 11 is 0. The first-order valence-corrected chi connectivity index (χ1v) is 6.57. The highest BCUT2D eigenvalue weighted by molar-refractivity contribution is 5.69. The van der Waals surface area contributed by atoms with E-state index >= 15 is 0 Å². The van der Waals surface area contributed by atoms with Crippen LogP contribution in [0.15, 0.2) is 0 Å². The number of likely N-dealkylation sites (tertiary alicyclic amines) is 1. The lowest BCUT2D eigenvalue weighted by Crippen LogP contribution is -2.37.